The van der Waals surface area contributed by atoms with E-state index >= 15 is 0 Å². The van der Waals surface area contributed by atoms with Gasteiger partial charge in [0.2, 0.25) is 11.9 Å². The second-order valence-corrected chi connectivity index (χ2v) is 7.49. The van der Waals surface area contributed by atoms with Crippen LogP contribution in [0.5, 0.6) is 0 Å². The van der Waals surface area contributed by atoms with E-state index in [4.69, 9.17) is 4.98 Å². The molecule has 2 saturated heterocycles. The lowest BCUT2D eigenvalue weighted by Crippen LogP contribution is -2.46. The number of carbonyl (C=O) groups excluding carboxylic acids is 1. The largest absolute Gasteiger partial charge is 0.341 e. The topological polar surface area (TPSA) is 49.3 Å². The maximum absolute atomic E-state index is 12.1. The van der Waals surface area contributed by atoms with Crippen LogP contribution < -0.4 is 4.90 Å². The first kappa shape index (κ1) is 14.9. The van der Waals surface area contributed by atoms with Gasteiger partial charge in [0.15, 0.2) is 0 Å². The van der Waals surface area contributed by atoms with Crippen LogP contribution in [0, 0.1) is 0 Å². The van der Waals surface area contributed by atoms with Crippen molar-refractivity contribution in [2.75, 3.05) is 24.5 Å². The van der Waals surface area contributed by atoms with Crippen LogP contribution in [0.25, 0.3) is 10.2 Å². The van der Waals surface area contributed by atoms with E-state index in [2.05, 4.69) is 33.2 Å². The number of anilines is 1. The predicted molar refractivity (Wildman–Crippen MR) is 92.8 cm³/mol. The Labute approximate surface area is 140 Å². The van der Waals surface area contributed by atoms with Gasteiger partial charge in [-0.1, -0.05) is 0 Å². The minimum Gasteiger partial charge on any atom is -0.341 e. The molecule has 4 heterocycles. The summed E-state index contributed by atoms with van der Waals surface area (Å²) in [6.07, 6.45) is 6.87. The highest BCUT2D eigenvalue weighted by molar-refractivity contribution is 7.17. The van der Waals surface area contributed by atoms with Crippen molar-refractivity contribution in [2.45, 2.75) is 44.6 Å². The molecule has 2 aliphatic rings. The highest BCUT2D eigenvalue weighted by atomic mass is 32.1. The van der Waals surface area contributed by atoms with E-state index in [1.807, 2.05) is 6.20 Å². The summed E-state index contributed by atoms with van der Waals surface area (Å²) in [4.78, 5) is 25.8. The molecule has 0 saturated carbocycles. The van der Waals surface area contributed by atoms with Crippen LogP contribution in [0.3, 0.4) is 0 Å². The summed E-state index contributed by atoms with van der Waals surface area (Å²) in [5.41, 5.74) is 1.11. The maximum atomic E-state index is 12.1. The van der Waals surface area contributed by atoms with Gasteiger partial charge in [-0.2, -0.15) is 0 Å². The Bertz CT molecular complexity index is 730. The molecule has 0 bridgehead atoms. The molecule has 2 fully saturated rings. The third-order valence-electron chi connectivity index (χ3n) is 5.39. The number of aromatic nitrogens is 2. The van der Waals surface area contributed by atoms with Gasteiger partial charge in [-0.15, -0.1) is 11.3 Å². The number of amides is 1. The number of thiophene rings is 1. The standard InChI is InChI=1S/C17H22N4OS/c1-2-21-15(22)4-7-17(21)6-3-9-20(10-8-17)16-18-12-14-13(19-16)5-11-23-14/h5,11-12H,2-4,6-10H2,1H3. The SMILES string of the molecule is CCN1C(=O)CCC12CCCN(c1ncc3sccc3n1)CC2. The molecule has 1 unspecified atom stereocenters. The van der Waals surface area contributed by atoms with E-state index in [9.17, 15) is 4.79 Å². The van der Waals surface area contributed by atoms with Crippen LogP contribution in [-0.4, -0.2) is 45.9 Å². The lowest BCUT2D eigenvalue weighted by Gasteiger charge is -2.37. The number of hydrogen-bond acceptors (Lipinski definition) is 5. The van der Waals surface area contributed by atoms with Crippen LogP contribution in [0.2, 0.25) is 0 Å². The van der Waals surface area contributed by atoms with E-state index < -0.39 is 0 Å². The molecule has 4 rings (SSSR count). The van der Waals surface area contributed by atoms with E-state index in [-0.39, 0.29) is 5.54 Å². The Morgan fingerprint density at radius 1 is 1.30 bits per heavy atom. The van der Waals surface area contributed by atoms with Crippen LogP contribution in [-0.2, 0) is 4.79 Å². The summed E-state index contributed by atoms with van der Waals surface area (Å²) in [5, 5.41) is 2.06. The molecule has 0 N–H and O–H groups in total. The third-order valence-corrected chi connectivity index (χ3v) is 6.23. The van der Waals surface area contributed by atoms with Gasteiger partial charge in [-0.25, -0.2) is 9.97 Å². The van der Waals surface area contributed by atoms with Crippen molar-refractivity contribution in [1.82, 2.24) is 14.9 Å². The molecule has 122 valence electrons. The van der Waals surface area contributed by atoms with Gasteiger partial charge >= 0.3 is 0 Å². The lowest BCUT2D eigenvalue weighted by atomic mass is 9.88. The average Bonchev–Trinajstić information content (AvgIpc) is 3.07. The molecule has 1 amide bonds. The van der Waals surface area contributed by atoms with Crippen LogP contribution in [0.4, 0.5) is 5.95 Å². The molecule has 2 aliphatic heterocycles. The number of nitrogens with zero attached hydrogens (tertiary/aromatic N) is 4. The van der Waals surface area contributed by atoms with Crippen molar-refractivity contribution in [2.24, 2.45) is 0 Å². The van der Waals surface area contributed by atoms with E-state index in [1.165, 1.54) is 0 Å². The Hall–Kier alpha value is -1.69. The number of rotatable bonds is 2. The van der Waals surface area contributed by atoms with Crippen molar-refractivity contribution < 1.29 is 4.79 Å². The zero-order chi connectivity index (χ0) is 15.9. The van der Waals surface area contributed by atoms with Gasteiger partial charge in [-0.05, 0) is 44.1 Å². The Morgan fingerprint density at radius 2 is 2.22 bits per heavy atom. The van der Waals surface area contributed by atoms with Crippen molar-refractivity contribution in [3.05, 3.63) is 17.6 Å². The summed E-state index contributed by atoms with van der Waals surface area (Å²) < 4.78 is 1.14. The second-order valence-electron chi connectivity index (χ2n) is 6.54. The van der Waals surface area contributed by atoms with Crippen LogP contribution >= 0.6 is 11.3 Å². The van der Waals surface area contributed by atoms with E-state index in [0.717, 1.165) is 61.5 Å². The van der Waals surface area contributed by atoms with Crippen molar-refractivity contribution >= 4 is 33.4 Å². The average molecular weight is 330 g/mol. The highest BCUT2D eigenvalue weighted by Gasteiger charge is 2.44. The van der Waals surface area contributed by atoms with Gasteiger partial charge in [0.25, 0.3) is 0 Å². The molecule has 0 aliphatic carbocycles. The second kappa shape index (κ2) is 5.74. The minimum atomic E-state index is 0.0765. The van der Waals surface area contributed by atoms with E-state index in [0.29, 0.717) is 12.3 Å². The van der Waals surface area contributed by atoms with Crippen molar-refractivity contribution in [3.8, 4) is 0 Å². The van der Waals surface area contributed by atoms with Gasteiger partial charge in [0.05, 0.1) is 16.4 Å². The van der Waals surface area contributed by atoms with Crippen LogP contribution in [0.1, 0.15) is 39.0 Å². The fourth-order valence-electron chi connectivity index (χ4n) is 4.19. The predicted octanol–water partition coefficient (Wildman–Crippen LogP) is 3.06. The monoisotopic (exact) mass is 330 g/mol. The minimum absolute atomic E-state index is 0.0765. The maximum Gasteiger partial charge on any atom is 0.225 e. The first-order valence-electron chi connectivity index (χ1n) is 8.47. The molecule has 2 aromatic heterocycles. The molecule has 5 nitrogen and oxygen atoms in total. The first-order valence-corrected chi connectivity index (χ1v) is 9.35. The van der Waals surface area contributed by atoms with Gasteiger partial charge in [0, 0.05) is 31.6 Å². The molecule has 23 heavy (non-hydrogen) atoms. The Kier molecular flexibility index (Phi) is 3.71. The lowest BCUT2D eigenvalue weighted by molar-refractivity contribution is -0.131. The molecule has 1 spiro atoms. The Morgan fingerprint density at radius 3 is 3.09 bits per heavy atom. The first-order chi connectivity index (χ1) is 11.2. The summed E-state index contributed by atoms with van der Waals surface area (Å²) in [7, 11) is 0. The fourth-order valence-corrected chi connectivity index (χ4v) is 4.88. The quantitative estimate of drug-likeness (QED) is 0.849. The van der Waals surface area contributed by atoms with E-state index in [1.54, 1.807) is 11.3 Å². The zero-order valence-electron chi connectivity index (χ0n) is 13.5. The molecular formula is C17H22N4OS. The number of likely N-dealkylation sites (tertiary alicyclic amines) is 1. The van der Waals surface area contributed by atoms with Gasteiger partial charge in [-0.3, -0.25) is 4.79 Å². The molecule has 2 aromatic rings. The third kappa shape index (κ3) is 2.49. The smallest absolute Gasteiger partial charge is 0.225 e. The van der Waals surface area contributed by atoms with Crippen molar-refractivity contribution in [1.29, 1.82) is 0 Å². The van der Waals surface area contributed by atoms with Gasteiger partial charge in [0.1, 0.15) is 0 Å². The Balaban J connectivity index is 1.56. The molecule has 0 aromatic carbocycles. The molecule has 0 radical (unpaired) electrons. The normalized spacial score (nSPS) is 25.5. The van der Waals surface area contributed by atoms with Crippen LogP contribution in [0.15, 0.2) is 17.6 Å². The summed E-state index contributed by atoms with van der Waals surface area (Å²) in [5.74, 6) is 1.16. The summed E-state index contributed by atoms with van der Waals surface area (Å²) >= 11 is 1.68. The summed E-state index contributed by atoms with van der Waals surface area (Å²) in [6.45, 7) is 4.83. The molecule has 1 atom stereocenters. The zero-order valence-corrected chi connectivity index (χ0v) is 14.3. The molecule has 6 heteroatoms. The number of fused-ring (bicyclic) bond motifs is 1. The summed E-state index contributed by atoms with van der Waals surface area (Å²) in [6, 6.07) is 2.05. The highest BCUT2D eigenvalue weighted by Crippen LogP contribution is 2.39. The molecular weight excluding hydrogens is 308 g/mol. The van der Waals surface area contributed by atoms with Crippen molar-refractivity contribution in [3.63, 3.8) is 0 Å². The van der Waals surface area contributed by atoms with Gasteiger partial charge < -0.3 is 9.80 Å². The number of hydrogen-bond donors (Lipinski definition) is 0. The fraction of sp³-hybridized carbons (Fsp3) is 0.588. The number of carbonyl (C=O) groups is 1.